The van der Waals surface area contributed by atoms with E-state index in [4.69, 9.17) is 10.5 Å². The number of hydrogen-bond acceptors (Lipinski definition) is 3. The Bertz CT molecular complexity index is 523. The molecule has 0 atom stereocenters. The Labute approximate surface area is 107 Å². The number of benzene rings is 1. The molecule has 2 aromatic rings. The van der Waals surface area contributed by atoms with Crippen molar-refractivity contribution in [2.24, 2.45) is 5.73 Å². The number of nitrogens with two attached hydrogens (primary N) is 1. The highest BCUT2D eigenvalue weighted by molar-refractivity contribution is 5.66. The van der Waals surface area contributed by atoms with Gasteiger partial charge in [0.1, 0.15) is 5.75 Å². The number of hydrogen-bond donors (Lipinski definition) is 2. The Morgan fingerprint density at radius 1 is 1.28 bits per heavy atom. The second-order valence-electron chi connectivity index (χ2n) is 4.41. The van der Waals surface area contributed by atoms with E-state index in [-0.39, 0.29) is 0 Å². The molecular weight excluding hydrogens is 226 g/mol. The maximum absolute atomic E-state index is 5.60. The van der Waals surface area contributed by atoms with E-state index in [1.165, 1.54) is 0 Å². The topological polar surface area (TPSA) is 63.9 Å². The van der Waals surface area contributed by atoms with Gasteiger partial charge in [0, 0.05) is 17.7 Å². The molecule has 2 rings (SSSR count). The molecule has 0 saturated heterocycles. The molecule has 1 heterocycles. The molecule has 0 bridgehead atoms. The van der Waals surface area contributed by atoms with E-state index >= 15 is 0 Å². The highest BCUT2D eigenvalue weighted by Gasteiger charge is 2.11. The van der Waals surface area contributed by atoms with Gasteiger partial charge < -0.3 is 15.5 Å². The Kier molecular flexibility index (Phi) is 3.67. The maximum Gasteiger partial charge on any atom is 0.124 e. The van der Waals surface area contributed by atoms with Crippen molar-refractivity contribution < 1.29 is 4.74 Å². The van der Waals surface area contributed by atoms with E-state index in [9.17, 15) is 0 Å². The molecule has 0 spiro atoms. The van der Waals surface area contributed by atoms with E-state index in [0.29, 0.717) is 6.54 Å². The lowest BCUT2D eigenvalue weighted by Gasteiger charge is -2.11. The summed E-state index contributed by atoms with van der Waals surface area (Å²) in [4.78, 5) is 7.54. The highest BCUT2D eigenvalue weighted by atomic mass is 16.5. The molecule has 0 radical (unpaired) electrons. The minimum Gasteiger partial charge on any atom is -0.496 e. The minimum absolute atomic E-state index is 0.614. The maximum atomic E-state index is 5.60. The summed E-state index contributed by atoms with van der Waals surface area (Å²) in [5.74, 6) is 0.940. The first kappa shape index (κ1) is 12.6. The molecule has 0 unspecified atom stereocenters. The molecule has 4 nitrogen and oxygen atoms in total. The van der Waals surface area contributed by atoms with Crippen LogP contribution in [0.25, 0.3) is 11.3 Å². The van der Waals surface area contributed by atoms with Gasteiger partial charge in [0.05, 0.1) is 19.1 Å². The number of nitrogens with one attached hydrogen (secondary N) is 1. The summed E-state index contributed by atoms with van der Waals surface area (Å²) in [6, 6.07) is 4.20. The van der Waals surface area contributed by atoms with E-state index < -0.39 is 0 Å². The van der Waals surface area contributed by atoms with Crippen LogP contribution in [0, 0.1) is 13.8 Å². The number of H-pyrrole nitrogens is 1. The van der Waals surface area contributed by atoms with Crippen molar-refractivity contribution in [2.45, 2.75) is 20.3 Å². The molecule has 0 saturated carbocycles. The van der Waals surface area contributed by atoms with Gasteiger partial charge in [-0.3, -0.25) is 0 Å². The Morgan fingerprint density at radius 3 is 2.50 bits per heavy atom. The second-order valence-corrected chi connectivity index (χ2v) is 4.41. The summed E-state index contributed by atoms with van der Waals surface area (Å²) in [5, 5.41) is 0. The van der Waals surface area contributed by atoms with Crippen LogP contribution < -0.4 is 10.5 Å². The molecule has 4 heteroatoms. The highest BCUT2D eigenvalue weighted by Crippen LogP contribution is 2.30. The van der Waals surface area contributed by atoms with Crippen molar-refractivity contribution in [3.05, 3.63) is 35.3 Å². The number of aromatic amines is 1. The van der Waals surface area contributed by atoms with Crippen LogP contribution in [-0.4, -0.2) is 23.6 Å². The van der Waals surface area contributed by atoms with Crippen LogP contribution in [0.1, 0.15) is 16.8 Å². The number of aromatic nitrogens is 2. The summed E-state index contributed by atoms with van der Waals surface area (Å²) >= 11 is 0. The van der Waals surface area contributed by atoms with Gasteiger partial charge in [0.15, 0.2) is 0 Å². The van der Waals surface area contributed by atoms with Gasteiger partial charge in [0.2, 0.25) is 0 Å². The first-order valence-corrected chi connectivity index (χ1v) is 6.05. The van der Waals surface area contributed by atoms with Gasteiger partial charge in [-0.15, -0.1) is 0 Å². The molecule has 3 N–H and O–H groups in total. The Hall–Kier alpha value is -1.81. The number of imidazole rings is 1. The van der Waals surface area contributed by atoms with Crippen molar-refractivity contribution in [3.63, 3.8) is 0 Å². The predicted octanol–water partition coefficient (Wildman–Crippen LogP) is 2.20. The fourth-order valence-electron chi connectivity index (χ4n) is 2.31. The average Bonchev–Trinajstić information content (AvgIpc) is 2.77. The molecule has 1 aromatic heterocycles. The number of methoxy groups -OCH3 is 1. The Balaban J connectivity index is 2.48. The average molecular weight is 245 g/mol. The third-order valence-electron chi connectivity index (χ3n) is 3.05. The van der Waals surface area contributed by atoms with Gasteiger partial charge in [0.25, 0.3) is 0 Å². The summed E-state index contributed by atoms with van der Waals surface area (Å²) in [7, 11) is 1.70. The van der Waals surface area contributed by atoms with Crippen molar-refractivity contribution in [1.29, 1.82) is 0 Å². The quantitative estimate of drug-likeness (QED) is 0.868. The third-order valence-corrected chi connectivity index (χ3v) is 3.05. The zero-order chi connectivity index (χ0) is 13.1. The number of ether oxygens (including phenoxy) is 1. The lowest BCUT2D eigenvalue weighted by Crippen LogP contribution is -2.04. The first-order chi connectivity index (χ1) is 8.67. The molecule has 18 heavy (non-hydrogen) atoms. The number of aryl methyl sites for hydroxylation is 2. The molecule has 0 fully saturated rings. The SMILES string of the molecule is COc1c(C)cc(-c2nc[nH]c2CCN)cc1C. The summed E-state index contributed by atoms with van der Waals surface area (Å²) in [6.45, 7) is 4.71. The zero-order valence-corrected chi connectivity index (χ0v) is 11.1. The van der Waals surface area contributed by atoms with Crippen LogP contribution in [0.3, 0.4) is 0 Å². The molecule has 0 aliphatic heterocycles. The van der Waals surface area contributed by atoms with Crippen molar-refractivity contribution in [3.8, 4) is 17.0 Å². The van der Waals surface area contributed by atoms with Crippen molar-refractivity contribution >= 4 is 0 Å². The number of nitrogens with zero attached hydrogens (tertiary/aromatic N) is 1. The van der Waals surface area contributed by atoms with Crippen LogP contribution in [0.2, 0.25) is 0 Å². The largest absolute Gasteiger partial charge is 0.496 e. The van der Waals surface area contributed by atoms with Gasteiger partial charge >= 0.3 is 0 Å². The van der Waals surface area contributed by atoms with Gasteiger partial charge in [-0.2, -0.15) is 0 Å². The van der Waals surface area contributed by atoms with E-state index in [2.05, 4.69) is 22.1 Å². The normalized spacial score (nSPS) is 10.7. The predicted molar refractivity (Wildman–Crippen MR) is 72.8 cm³/mol. The van der Waals surface area contributed by atoms with E-state index in [1.54, 1.807) is 13.4 Å². The van der Waals surface area contributed by atoms with Crippen LogP contribution in [0.15, 0.2) is 18.5 Å². The molecule has 96 valence electrons. The molecule has 0 aliphatic carbocycles. The smallest absolute Gasteiger partial charge is 0.124 e. The van der Waals surface area contributed by atoms with Crippen LogP contribution in [0.5, 0.6) is 5.75 Å². The van der Waals surface area contributed by atoms with E-state index in [1.807, 2.05) is 13.8 Å². The van der Waals surface area contributed by atoms with Crippen LogP contribution in [-0.2, 0) is 6.42 Å². The monoisotopic (exact) mass is 245 g/mol. The summed E-state index contributed by atoms with van der Waals surface area (Å²) in [6.07, 6.45) is 2.52. The van der Waals surface area contributed by atoms with Gasteiger partial charge in [-0.05, 0) is 43.7 Å². The Morgan fingerprint density at radius 2 is 1.94 bits per heavy atom. The second kappa shape index (κ2) is 5.23. The van der Waals surface area contributed by atoms with E-state index in [0.717, 1.165) is 40.2 Å². The lowest BCUT2D eigenvalue weighted by atomic mass is 10.0. The molecule has 0 aliphatic rings. The van der Waals surface area contributed by atoms with Gasteiger partial charge in [-0.1, -0.05) is 0 Å². The lowest BCUT2D eigenvalue weighted by molar-refractivity contribution is 0.408. The molecular formula is C14H19N3O. The first-order valence-electron chi connectivity index (χ1n) is 6.05. The minimum atomic E-state index is 0.614. The fraction of sp³-hybridized carbons (Fsp3) is 0.357. The van der Waals surface area contributed by atoms with Gasteiger partial charge in [-0.25, -0.2) is 4.98 Å². The zero-order valence-electron chi connectivity index (χ0n) is 11.1. The van der Waals surface area contributed by atoms with Crippen molar-refractivity contribution in [2.75, 3.05) is 13.7 Å². The standard InChI is InChI=1S/C14H19N3O/c1-9-6-11(7-10(2)14(9)18-3)13-12(4-5-15)16-8-17-13/h6-8H,4-5,15H2,1-3H3,(H,16,17). The van der Waals surface area contributed by atoms with Crippen molar-refractivity contribution in [1.82, 2.24) is 9.97 Å². The molecule has 1 aromatic carbocycles. The van der Waals surface area contributed by atoms with Crippen LogP contribution >= 0.6 is 0 Å². The fourth-order valence-corrected chi connectivity index (χ4v) is 2.31. The summed E-state index contributed by atoms with van der Waals surface area (Å²) < 4.78 is 5.38. The van der Waals surface area contributed by atoms with Crippen LogP contribution in [0.4, 0.5) is 0 Å². The third kappa shape index (κ3) is 2.24. The number of rotatable bonds is 4. The molecule has 0 amide bonds. The summed E-state index contributed by atoms with van der Waals surface area (Å²) in [5.41, 5.74) is 11.0.